The third-order valence-electron chi connectivity index (χ3n) is 1.05. The zero-order chi connectivity index (χ0) is 9.78. The number of halogens is 3. The Morgan fingerprint density at radius 1 is 1.58 bits per heavy atom. The molecule has 0 fully saturated rings. The first-order valence-corrected chi connectivity index (χ1v) is 2.98. The summed E-state index contributed by atoms with van der Waals surface area (Å²) in [4.78, 5) is 8.74. The van der Waals surface area contributed by atoms with Crippen LogP contribution in [-0.4, -0.2) is 30.7 Å². The van der Waals surface area contributed by atoms with Crippen LogP contribution in [0.2, 0.25) is 0 Å². The summed E-state index contributed by atoms with van der Waals surface area (Å²) in [5.41, 5.74) is 3.74. The maximum atomic E-state index is 11.9. The van der Waals surface area contributed by atoms with E-state index in [1.165, 1.54) is 7.05 Å². The molecule has 5 nitrogen and oxygen atoms in total. The van der Waals surface area contributed by atoms with Gasteiger partial charge in [-0.15, -0.1) is 0 Å². The molecule has 0 spiro atoms. The molecule has 8 heteroatoms. The lowest BCUT2D eigenvalue weighted by Gasteiger charge is -2.16. The Hall–Kier alpha value is -0.890. The highest BCUT2D eigenvalue weighted by atomic mass is 19.4. The summed E-state index contributed by atoms with van der Waals surface area (Å²) in [6.45, 7) is -1.19. The lowest BCUT2D eigenvalue weighted by atomic mass is 10.3. The Labute approximate surface area is 66.1 Å². The van der Waals surface area contributed by atoms with E-state index >= 15 is 0 Å². The summed E-state index contributed by atoms with van der Waals surface area (Å²) in [7, 11) is 1.21. The second-order valence-corrected chi connectivity index (χ2v) is 2.00. The molecule has 72 valence electrons. The number of rotatable bonds is 4. The van der Waals surface area contributed by atoms with Gasteiger partial charge in [0.15, 0.2) is 6.04 Å². The lowest BCUT2D eigenvalue weighted by Crippen LogP contribution is -2.51. The number of nitro groups is 1. The molecule has 2 N–H and O–H groups in total. The van der Waals surface area contributed by atoms with E-state index in [9.17, 15) is 23.3 Å². The summed E-state index contributed by atoms with van der Waals surface area (Å²) >= 11 is 0. The molecular weight excluding hydrogens is 179 g/mol. The lowest BCUT2D eigenvalue weighted by molar-refractivity contribution is -0.491. The van der Waals surface area contributed by atoms with Crippen molar-refractivity contribution in [2.45, 2.75) is 12.2 Å². The molecule has 0 aliphatic rings. The number of nitrogens with one attached hydrogen (secondary N) is 2. The monoisotopic (exact) mass is 187 g/mol. The first-order chi connectivity index (χ1) is 5.38. The zero-order valence-corrected chi connectivity index (χ0v) is 6.18. The van der Waals surface area contributed by atoms with Crippen LogP contribution in [0.3, 0.4) is 0 Å². The SMILES string of the molecule is CNNC(C[N+](=O)[O-])C(F)(F)F. The van der Waals surface area contributed by atoms with Gasteiger partial charge in [0, 0.05) is 4.92 Å². The molecule has 0 saturated heterocycles. The fourth-order valence-electron chi connectivity index (χ4n) is 0.554. The maximum absolute atomic E-state index is 11.9. The van der Waals surface area contributed by atoms with Crippen LogP contribution < -0.4 is 10.9 Å². The second kappa shape index (κ2) is 4.21. The fourth-order valence-corrected chi connectivity index (χ4v) is 0.554. The van der Waals surface area contributed by atoms with Gasteiger partial charge in [-0.2, -0.15) is 13.2 Å². The van der Waals surface area contributed by atoms with Gasteiger partial charge in [-0.3, -0.25) is 15.5 Å². The maximum Gasteiger partial charge on any atom is 0.411 e. The van der Waals surface area contributed by atoms with Gasteiger partial charge < -0.3 is 0 Å². The van der Waals surface area contributed by atoms with Gasteiger partial charge in [0.1, 0.15) is 0 Å². The van der Waals surface area contributed by atoms with Gasteiger partial charge in [-0.05, 0) is 7.05 Å². The van der Waals surface area contributed by atoms with Crippen molar-refractivity contribution in [1.82, 2.24) is 10.9 Å². The van der Waals surface area contributed by atoms with Crippen LogP contribution in [0.25, 0.3) is 0 Å². The first-order valence-electron chi connectivity index (χ1n) is 2.98. The Morgan fingerprint density at radius 2 is 2.08 bits per heavy atom. The molecule has 0 aromatic carbocycles. The topological polar surface area (TPSA) is 67.2 Å². The van der Waals surface area contributed by atoms with Gasteiger partial charge in [-0.25, -0.2) is 5.43 Å². The molecule has 0 aliphatic carbocycles. The predicted molar refractivity (Wildman–Crippen MR) is 33.9 cm³/mol. The van der Waals surface area contributed by atoms with Crippen LogP contribution in [0.1, 0.15) is 0 Å². The molecular formula is C4H8F3N3O2. The molecule has 1 atom stereocenters. The molecule has 12 heavy (non-hydrogen) atoms. The summed E-state index contributed by atoms with van der Waals surface area (Å²) < 4.78 is 35.6. The van der Waals surface area contributed by atoms with Gasteiger partial charge in [0.25, 0.3) is 0 Å². The third kappa shape index (κ3) is 4.09. The number of hydrazine groups is 1. The summed E-state index contributed by atoms with van der Waals surface area (Å²) in [6.07, 6.45) is -4.62. The largest absolute Gasteiger partial charge is 0.411 e. The quantitative estimate of drug-likeness (QED) is 0.477. The van der Waals surface area contributed by atoms with Crippen LogP contribution in [-0.2, 0) is 0 Å². The summed E-state index contributed by atoms with van der Waals surface area (Å²) in [6, 6.07) is -2.16. The summed E-state index contributed by atoms with van der Waals surface area (Å²) in [5.74, 6) is 0. The van der Waals surface area contributed by atoms with Crippen molar-refractivity contribution in [1.29, 1.82) is 0 Å². The van der Waals surface area contributed by atoms with E-state index in [4.69, 9.17) is 0 Å². The van der Waals surface area contributed by atoms with Crippen LogP contribution >= 0.6 is 0 Å². The van der Waals surface area contributed by atoms with E-state index in [-0.39, 0.29) is 0 Å². The van der Waals surface area contributed by atoms with E-state index in [2.05, 4.69) is 0 Å². The van der Waals surface area contributed by atoms with E-state index in [0.29, 0.717) is 0 Å². The Kier molecular flexibility index (Phi) is 3.90. The van der Waals surface area contributed by atoms with E-state index in [1.807, 2.05) is 5.43 Å². The molecule has 0 aromatic heterocycles. The molecule has 0 bridgehead atoms. The second-order valence-electron chi connectivity index (χ2n) is 2.00. The van der Waals surface area contributed by atoms with Crippen molar-refractivity contribution >= 4 is 0 Å². The van der Waals surface area contributed by atoms with Gasteiger partial charge in [0.05, 0.1) is 0 Å². The van der Waals surface area contributed by atoms with Crippen molar-refractivity contribution in [3.05, 3.63) is 10.1 Å². The molecule has 0 heterocycles. The molecule has 1 unspecified atom stereocenters. The van der Waals surface area contributed by atoms with Crippen molar-refractivity contribution in [2.24, 2.45) is 0 Å². The third-order valence-corrected chi connectivity index (χ3v) is 1.05. The highest BCUT2D eigenvalue weighted by molar-refractivity contribution is 4.71. The normalized spacial score (nSPS) is 14.3. The Bertz CT molecular complexity index is 160. The minimum absolute atomic E-state index is 1.03. The molecule has 0 aliphatic heterocycles. The standard InChI is InChI=1S/C4H8F3N3O2/c1-8-9-3(2-10(11)12)4(5,6)7/h3,8-9H,2H2,1H3. The number of hydrogen-bond donors (Lipinski definition) is 2. The summed E-state index contributed by atoms with van der Waals surface area (Å²) in [5, 5.41) is 9.77. The highest BCUT2D eigenvalue weighted by Crippen LogP contribution is 2.19. The van der Waals surface area contributed by atoms with E-state index in [1.54, 1.807) is 5.43 Å². The zero-order valence-electron chi connectivity index (χ0n) is 6.18. The Morgan fingerprint density at radius 3 is 2.33 bits per heavy atom. The van der Waals surface area contributed by atoms with Crippen LogP contribution in [0.15, 0.2) is 0 Å². The van der Waals surface area contributed by atoms with E-state index in [0.717, 1.165) is 0 Å². The molecule has 0 radical (unpaired) electrons. The predicted octanol–water partition coefficient (Wildman–Crippen LogP) is -0.0820. The number of alkyl halides is 3. The molecule has 0 saturated carbocycles. The van der Waals surface area contributed by atoms with Crippen LogP contribution in [0.4, 0.5) is 13.2 Å². The smallest absolute Gasteiger partial charge is 0.264 e. The fraction of sp³-hybridized carbons (Fsp3) is 1.00. The molecule has 0 rings (SSSR count). The average molecular weight is 187 g/mol. The van der Waals surface area contributed by atoms with Crippen molar-refractivity contribution in [3.63, 3.8) is 0 Å². The average Bonchev–Trinajstić information content (AvgIpc) is 1.83. The van der Waals surface area contributed by atoms with Gasteiger partial charge >= 0.3 is 6.18 Å². The minimum Gasteiger partial charge on any atom is -0.264 e. The van der Waals surface area contributed by atoms with Crippen molar-refractivity contribution < 1.29 is 18.1 Å². The molecule has 0 aromatic rings. The van der Waals surface area contributed by atoms with Gasteiger partial charge in [0.2, 0.25) is 6.54 Å². The van der Waals surface area contributed by atoms with Crippen molar-refractivity contribution in [3.8, 4) is 0 Å². The van der Waals surface area contributed by atoms with Crippen molar-refractivity contribution in [2.75, 3.05) is 13.6 Å². The number of hydrogen-bond acceptors (Lipinski definition) is 4. The Balaban J connectivity index is 4.13. The van der Waals surface area contributed by atoms with Crippen LogP contribution in [0, 0.1) is 10.1 Å². The first kappa shape index (κ1) is 11.1. The van der Waals surface area contributed by atoms with E-state index < -0.39 is 23.7 Å². The minimum atomic E-state index is -4.62. The highest BCUT2D eigenvalue weighted by Gasteiger charge is 2.42. The van der Waals surface area contributed by atoms with Gasteiger partial charge in [-0.1, -0.05) is 0 Å². The number of nitrogens with zero attached hydrogens (tertiary/aromatic N) is 1. The molecule has 0 amide bonds. The van der Waals surface area contributed by atoms with Crippen LogP contribution in [0.5, 0.6) is 0 Å².